The third-order valence-electron chi connectivity index (χ3n) is 6.73. The summed E-state index contributed by atoms with van der Waals surface area (Å²) in [7, 11) is 0. The lowest BCUT2D eigenvalue weighted by Gasteiger charge is -2.08. The highest BCUT2D eigenvalue weighted by atomic mass is 32.2. The van der Waals surface area contributed by atoms with Crippen molar-refractivity contribution in [2.75, 3.05) is 6.54 Å². The Labute approximate surface area is 234 Å². The summed E-state index contributed by atoms with van der Waals surface area (Å²) in [5.41, 5.74) is 0.442. The van der Waals surface area contributed by atoms with E-state index in [9.17, 15) is 14.7 Å². The molecule has 0 heterocycles. The van der Waals surface area contributed by atoms with Crippen molar-refractivity contribution in [3.8, 4) is 5.75 Å². The third kappa shape index (κ3) is 15.1. The van der Waals surface area contributed by atoms with E-state index in [0.717, 1.165) is 22.6 Å². The number of rotatable bonds is 20. The van der Waals surface area contributed by atoms with Gasteiger partial charge in [0, 0.05) is 21.9 Å². The predicted molar refractivity (Wildman–Crippen MR) is 159 cm³/mol. The Kier molecular flexibility index (Phi) is 17.1. The van der Waals surface area contributed by atoms with Gasteiger partial charge in [0.25, 0.3) is 5.91 Å². The molecule has 3 N–H and O–H groups in total. The highest BCUT2D eigenvalue weighted by Crippen LogP contribution is 2.28. The van der Waals surface area contributed by atoms with E-state index < -0.39 is 11.9 Å². The molecule has 0 fully saturated rings. The molecule has 0 aromatic heterocycles. The average molecular weight is 541 g/mol. The Morgan fingerprint density at radius 1 is 0.632 bits per heavy atom. The Morgan fingerprint density at radius 3 is 1.53 bits per heavy atom. The first-order valence-corrected chi connectivity index (χ1v) is 15.6. The Bertz CT molecular complexity index is 900. The standard InChI is InChI=1S/C32H48N2O3S/c1-2-3-4-5-6-7-8-9-10-11-12-13-14-15-16-17-26-33-32(37)34-31(36)27-18-22-29(23-19-27)38-30-24-20-28(35)21-25-30/h18-25,35H,2-17,26H2,1H3,(H2,33,34,36,37). The van der Waals surface area contributed by atoms with E-state index >= 15 is 0 Å². The number of imide groups is 1. The number of phenolic OH excluding ortho intramolecular Hbond substituents is 1. The number of hydrogen-bond donors (Lipinski definition) is 3. The normalized spacial score (nSPS) is 10.9. The highest BCUT2D eigenvalue weighted by Gasteiger charge is 2.10. The Hall–Kier alpha value is -2.47. The second-order valence-corrected chi connectivity index (χ2v) is 11.3. The van der Waals surface area contributed by atoms with Crippen molar-refractivity contribution in [3.05, 3.63) is 54.1 Å². The number of hydrogen-bond acceptors (Lipinski definition) is 4. The van der Waals surface area contributed by atoms with Crippen LogP contribution in [0.1, 0.15) is 120 Å². The van der Waals surface area contributed by atoms with Crippen LogP contribution in [0.5, 0.6) is 5.75 Å². The lowest BCUT2D eigenvalue weighted by Crippen LogP contribution is -2.39. The summed E-state index contributed by atoms with van der Waals surface area (Å²) in [6.45, 7) is 2.85. The molecule has 6 heteroatoms. The summed E-state index contributed by atoms with van der Waals surface area (Å²) in [6, 6.07) is 13.6. The van der Waals surface area contributed by atoms with Crippen LogP contribution in [0.4, 0.5) is 4.79 Å². The number of phenols is 1. The molecule has 0 saturated heterocycles. The number of aromatic hydroxyl groups is 1. The van der Waals surface area contributed by atoms with E-state index in [2.05, 4.69) is 17.6 Å². The smallest absolute Gasteiger partial charge is 0.321 e. The summed E-state index contributed by atoms with van der Waals surface area (Å²) in [5.74, 6) is -0.176. The first-order chi connectivity index (χ1) is 18.6. The minimum atomic E-state index is -0.446. The first-order valence-electron chi connectivity index (χ1n) is 14.7. The van der Waals surface area contributed by atoms with E-state index in [4.69, 9.17) is 0 Å². The maximum Gasteiger partial charge on any atom is 0.321 e. The average Bonchev–Trinajstić information content (AvgIpc) is 2.92. The van der Waals surface area contributed by atoms with Gasteiger partial charge in [-0.1, -0.05) is 115 Å². The van der Waals surface area contributed by atoms with Gasteiger partial charge in [0.05, 0.1) is 0 Å². The Morgan fingerprint density at radius 2 is 1.05 bits per heavy atom. The van der Waals surface area contributed by atoms with Crippen molar-refractivity contribution in [1.29, 1.82) is 0 Å². The monoisotopic (exact) mass is 540 g/mol. The van der Waals surface area contributed by atoms with E-state index in [1.54, 1.807) is 24.3 Å². The third-order valence-corrected chi connectivity index (χ3v) is 7.75. The molecule has 210 valence electrons. The van der Waals surface area contributed by atoms with Crippen LogP contribution in [0.15, 0.2) is 58.3 Å². The second-order valence-electron chi connectivity index (χ2n) is 10.1. The summed E-state index contributed by atoms with van der Waals surface area (Å²) in [5, 5.41) is 14.6. The van der Waals surface area contributed by atoms with Gasteiger partial charge in [-0.3, -0.25) is 10.1 Å². The zero-order chi connectivity index (χ0) is 27.3. The molecule has 0 saturated carbocycles. The molecule has 0 radical (unpaired) electrons. The van der Waals surface area contributed by atoms with Crippen molar-refractivity contribution in [3.63, 3.8) is 0 Å². The number of amides is 3. The maximum absolute atomic E-state index is 12.3. The molecule has 2 aromatic rings. The van der Waals surface area contributed by atoms with Gasteiger partial charge in [0.15, 0.2) is 0 Å². The van der Waals surface area contributed by atoms with Gasteiger partial charge >= 0.3 is 6.03 Å². The van der Waals surface area contributed by atoms with Crippen molar-refractivity contribution in [2.45, 2.75) is 119 Å². The highest BCUT2D eigenvalue weighted by molar-refractivity contribution is 7.99. The van der Waals surface area contributed by atoms with Crippen molar-refractivity contribution >= 4 is 23.7 Å². The molecular formula is C32H48N2O3S. The summed E-state index contributed by atoms with van der Waals surface area (Å²) < 4.78 is 0. The van der Waals surface area contributed by atoms with E-state index in [-0.39, 0.29) is 5.75 Å². The quantitative estimate of drug-likeness (QED) is 0.146. The predicted octanol–water partition coefficient (Wildman–Crippen LogP) is 9.24. The molecule has 2 rings (SSSR count). The molecule has 0 atom stereocenters. The number of benzene rings is 2. The van der Waals surface area contributed by atoms with Gasteiger partial charge in [-0.05, 0) is 55.0 Å². The molecule has 3 amide bonds. The molecule has 5 nitrogen and oxygen atoms in total. The van der Waals surface area contributed by atoms with Gasteiger partial charge in [0.1, 0.15) is 5.75 Å². The second kappa shape index (κ2) is 20.5. The maximum atomic E-state index is 12.3. The van der Waals surface area contributed by atoms with E-state index in [0.29, 0.717) is 12.1 Å². The molecule has 2 aromatic carbocycles. The molecular weight excluding hydrogens is 492 g/mol. The zero-order valence-electron chi connectivity index (χ0n) is 23.3. The van der Waals surface area contributed by atoms with Crippen LogP contribution in [0, 0.1) is 0 Å². The van der Waals surface area contributed by atoms with E-state index in [1.807, 2.05) is 24.3 Å². The van der Waals surface area contributed by atoms with Gasteiger partial charge in [-0.15, -0.1) is 0 Å². The van der Waals surface area contributed by atoms with Crippen LogP contribution >= 0.6 is 11.8 Å². The van der Waals surface area contributed by atoms with Crippen LogP contribution in [-0.4, -0.2) is 23.6 Å². The van der Waals surface area contributed by atoms with Crippen molar-refractivity contribution in [1.82, 2.24) is 10.6 Å². The van der Waals surface area contributed by atoms with Gasteiger partial charge in [0.2, 0.25) is 0 Å². The fourth-order valence-corrected chi connectivity index (χ4v) is 5.24. The number of urea groups is 1. The SMILES string of the molecule is CCCCCCCCCCCCCCCCCCNC(=O)NC(=O)c1ccc(Sc2ccc(O)cc2)cc1. The minimum Gasteiger partial charge on any atom is -0.508 e. The number of carbonyl (C=O) groups excluding carboxylic acids is 2. The van der Waals surface area contributed by atoms with Gasteiger partial charge < -0.3 is 10.4 Å². The van der Waals surface area contributed by atoms with Gasteiger partial charge in [-0.25, -0.2) is 4.79 Å². The lowest BCUT2D eigenvalue weighted by atomic mass is 10.0. The molecule has 38 heavy (non-hydrogen) atoms. The van der Waals surface area contributed by atoms with Crippen molar-refractivity contribution in [2.24, 2.45) is 0 Å². The minimum absolute atomic E-state index is 0.231. The molecule has 0 bridgehead atoms. The summed E-state index contributed by atoms with van der Waals surface area (Å²) in [6.07, 6.45) is 21.1. The molecule has 0 aliphatic heterocycles. The van der Waals surface area contributed by atoms with Crippen LogP contribution in [-0.2, 0) is 0 Å². The van der Waals surface area contributed by atoms with E-state index in [1.165, 1.54) is 102 Å². The molecule has 0 spiro atoms. The Balaban J connectivity index is 1.42. The fraction of sp³-hybridized carbons (Fsp3) is 0.562. The summed E-state index contributed by atoms with van der Waals surface area (Å²) in [4.78, 5) is 26.4. The lowest BCUT2D eigenvalue weighted by molar-refractivity contribution is 0.0964. The first kappa shape index (κ1) is 31.7. The molecule has 0 unspecified atom stereocenters. The molecule has 0 aliphatic carbocycles. The van der Waals surface area contributed by atoms with Crippen molar-refractivity contribution < 1.29 is 14.7 Å². The largest absolute Gasteiger partial charge is 0.508 e. The summed E-state index contributed by atoms with van der Waals surface area (Å²) >= 11 is 1.54. The number of carbonyl (C=O) groups is 2. The van der Waals surface area contributed by atoms with Crippen LogP contribution in [0.2, 0.25) is 0 Å². The van der Waals surface area contributed by atoms with Crippen LogP contribution in [0.3, 0.4) is 0 Å². The number of unbranched alkanes of at least 4 members (excludes halogenated alkanes) is 15. The van der Waals surface area contributed by atoms with Gasteiger partial charge in [-0.2, -0.15) is 0 Å². The number of nitrogens with one attached hydrogen (secondary N) is 2. The zero-order valence-corrected chi connectivity index (χ0v) is 24.1. The van der Waals surface area contributed by atoms with Crippen LogP contribution in [0.25, 0.3) is 0 Å². The molecule has 0 aliphatic rings. The van der Waals surface area contributed by atoms with Crippen LogP contribution < -0.4 is 10.6 Å². The topological polar surface area (TPSA) is 78.4 Å². The fourth-order valence-electron chi connectivity index (χ4n) is 4.42.